The summed E-state index contributed by atoms with van der Waals surface area (Å²) in [5.41, 5.74) is 2.84. The maximum absolute atomic E-state index is 5.93. The van der Waals surface area contributed by atoms with Crippen molar-refractivity contribution in [2.24, 2.45) is 0 Å². The smallest absolute Gasteiger partial charge is 0.231 e. The number of aryl methyl sites for hydroxylation is 1. The third-order valence-electron chi connectivity index (χ3n) is 5.75. The van der Waals surface area contributed by atoms with Crippen LogP contribution in [0.1, 0.15) is 30.7 Å². The van der Waals surface area contributed by atoms with Gasteiger partial charge in [0.2, 0.25) is 6.79 Å². The standard InChI is InChI=1S/C23H26N2O3/c1-2-5-21-19(4-1)20(17-8-10-24-11-9-17)15-25(21)12-3-13-26-18-6-7-22-23(14-18)28-16-27-22/h1-2,4-7,14-15,17,24H,3,8-13,16H2. The summed E-state index contributed by atoms with van der Waals surface area (Å²) in [6.45, 7) is 4.16. The molecule has 2 aliphatic heterocycles. The molecule has 0 aliphatic carbocycles. The Morgan fingerprint density at radius 2 is 1.89 bits per heavy atom. The maximum Gasteiger partial charge on any atom is 0.231 e. The molecule has 1 aromatic heterocycles. The minimum atomic E-state index is 0.291. The molecule has 1 saturated heterocycles. The van der Waals surface area contributed by atoms with E-state index >= 15 is 0 Å². The lowest BCUT2D eigenvalue weighted by Crippen LogP contribution is -2.26. The quantitative estimate of drug-likeness (QED) is 0.650. The molecule has 1 fully saturated rings. The Kier molecular flexibility index (Phi) is 4.83. The van der Waals surface area contributed by atoms with Gasteiger partial charge >= 0.3 is 0 Å². The number of hydrogen-bond acceptors (Lipinski definition) is 4. The van der Waals surface area contributed by atoms with E-state index in [4.69, 9.17) is 14.2 Å². The SMILES string of the molecule is c1ccc2c(c1)c(C1CCNCC1)cn2CCCOc1ccc2c(c1)OCO2. The fourth-order valence-corrected chi connectivity index (χ4v) is 4.31. The van der Waals surface area contributed by atoms with Crippen molar-refractivity contribution < 1.29 is 14.2 Å². The molecule has 0 atom stereocenters. The number of para-hydroxylation sites is 1. The molecule has 0 spiro atoms. The molecular formula is C23H26N2O3. The van der Waals surface area contributed by atoms with Crippen molar-refractivity contribution in [3.8, 4) is 17.2 Å². The van der Waals surface area contributed by atoms with E-state index in [9.17, 15) is 0 Å². The molecular weight excluding hydrogens is 352 g/mol. The van der Waals surface area contributed by atoms with E-state index in [1.807, 2.05) is 18.2 Å². The fraction of sp³-hybridized carbons (Fsp3) is 0.391. The van der Waals surface area contributed by atoms with Gasteiger partial charge in [0.1, 0.15) is 5.75 Å². The number of hydrogen-bond donors (Lipinski definition) is 1. The molecule has 3 heterocycles. The molecule has 0 amide bonds. The van der Waals surface area contributed by atoms with Gasteiger partial charge in [0.15, 0.2) is 11.5 Å². The third kappa shape index (κ3) is 3.42. The lowest BCUT2D eigenvalue weighted by Gasteiger charge is -2.22. The summed E-state index contributed by atoms with van der Waals surface area (Å²) >= 11 is 0. The maximum atomic E-state index is 5.93. The van der Waals surface area contributed by atoms with Gasteiger partial charge in [-0.15, -0.1) is 0 Å². The van der Waals surface area contributed by atoms with Crippen molar-refractivity contribution in [2.75, 3.05) is 26.5 Å². The molecule has 0 saturated carbocycles. The lowest BCUT2D eigenvalue weighted by molar-refractivity contribution is 0.173. The number of aromatic nitrogens is 1. The molecule has 28 heavy (non-hydrogen) atoms. The molecule has 3 aromatic rings. The number of fused-ring (bicyclic) bond motifs is 2. The highest BCUT2D eigenvalue weighted by atomic mass is 16.7. The van der Waals surface area contributed by atoms with E-state index in [-0.39, 0.29) is 0 Å². The Hall–Kier alpha value is -2.66. The zero-order valence-electron chi connectivity index (χ0n) is 16.0. The van der Waals surface area contributed by atoms with Gasteiger partial charge in [0.05, 0.1) is 6.61 Å². The molecule has 5 rings (SSSR count). The molecule has 1 N–H and O–H groups in total. The molecule has 5 heteroatoms. The van der Waals surface area contributed by atoms with Gasteiger partial charge in [0.25, 0.3) is 0 Å². The highest BCUT2D eigenvalue weighted by molar-refractivity contribution is 5.84. The third-order valence-corrected chi connectivity index (χ3v) is 5.75. The minimum absolute atomic E-state index is 0.291. The number of rotatable bonds is 6. The van der Waals surface area contributed by atoms with Crippen LogP contribution in [0, 0.1) is 0 Å². The monoisotopic (exact) mass is 378 g/mol. The van der Waals surface area contributed by atoms with Crippen molar-refractivity contribution >= 4 is 10.9 Å². The molecule has 146 valence electrons. The molecule has 0 bridgehead atoms. The van der Waals surface area contributed by atoms with Crippen LogP contribution in [0.3, 0.4) is 0 Å². The molecule has 0 radical (unpaired) electrons. The summed E-state index contributed by atoms with van der Waals surface area (Å²) < 4.78 is 19.1. The molecule has 2 aromatic carbocycles. The van der Waals surface area contributed by atoms with Gasteiger partial charge in [-0.1, -0.05) is 18.2 Å². The van der Waals surface area contributed by atoms with Gasteiger partial charge in [-0.25, -0.2) is 0 Å². The van der Waals surface area contributed by atoms with Crippen LogP contribution in [-0.4, -0.2) is 31.1 Å². The van der Waals surface area contributed by atoms with Gasteiger partial charge < -0.3 is 24.1 Å². The van der Waals surface area contributed by atoms with Crippen LogP contribution in [0.25, 0.3) is 10.9 Å². The first kappa shape index (κ1) is 17.4. The Morgan fingerprint density at radius 3 is 2.82 bits per heavy atom. The first-order valence-corrected chi connectivity index (χ1v) is 10.2. The summed E-state index contributed by atoms with van der Waals surface area (Å²) in [7, 11) is 0. The second-order valence-electron chi connectivity index (χ2n) is 7.54. The zero-order valence-corrected chi connectivity index (χ0v) is 16.0. The fourth-order valence-electron chi connectivity index (χ4n) is 4.31. The normalized spacial score (nSPS) is 16.6. The van der Waals surface area contributed by atoms with Crippen LogP contribution in [-0.2, 0) is 6.54 Å². The first-order valence-electron chi connectivity index (χ1n) is 10.2. The van der Waals surface area contributed by atoms with Crippen molar-refractivity contribution in [3.63, 3.8) is 0 Å². The second-order valence-corrected chi connectivity index (χ2v) is 7.54. The Balaban J connectivity index is 1.25. The first-order chi connectivity index (χ1) is 13.9. The number of nitrogens with zero attached hydrogens (tertiary/aromatic N) is 1. The topological polar surface area (TPSA) is 44.7 Å². The van der Waals surface area contributed by atoms with E-state index in [0.29, 0.717) is 19.3 Å². The highest BCUT2D eigenvalue weighted by Crippen LogP contribution is 2.35. The average molecular weight is 378 g/mol. The lowest BCUT2D eigenvalue weighted by atomic mass is 9.90. The van der Waals surface area contributed by atoms with Crippen LogP contribution in [0.15, 0.2) is 48.7 Å². The highest BCUT2D eigenvalue weighted by Gasteiger charge is 2.20. The van der Waals surface area contributed by atoms with E-state index in [0.717, 1.165) is 43.3 Å². The van der Waals surface area contributed by atoms with Gasteiger partial charge in [0, 0.05) is 29.7 Å². The Bertz CT molecular complexity index is 960. The van der Waals surface area contributed by atoms with Gasteiger partial charge in [-0.3, -0.25) is 0 Å². The number of benzene rings is 2. The van der Waals surface area contributed by atoms with Crippen molar-refractivity contribution in [3.05, 3.63) is 54.2 Å². The van der Waals surface area contributed by atoms with Crippen LogP contribution in [0.2, 0.25) is 0 Å². The predicted octanol–water partition coefficient (Wildman–Crippen LogP) is 4.31. The average Bonchev–Trinajstić information content (AvgIpc) is 3.36. The summed E-state index contributed by atoms with van der Waals surface area (Å²) in [4.78, 5) is 0. The van der Waals surface area contributed by atoms with Crippen LogP contribution >= 0.6 is 0 Å². The van der Waals surface area contributed by atoms with Crippen LogP contribution in [0.4, 0.5) is 0 Å². The summed E-state index contributed by atoms with van der Waals surface area (Å²) in [5.74, 6) is 3.05. The number of piperidine rings is 1. The van der Waals surface area contributed by atoms with E-state index in [1.165, 1.54) is 29.3 Å². The molecule has 2 aliphatic rings. The van der Waals surface area contributed by atoms with Crippen molar-refractivity contribution in [1.82, 2.24) is 9.88 Å². The minimum Gasteiger partial charge on any atom is -0.493 e. The van der Waals surface area contributed by atoms with Crippen molar-refractivity contribution in [2.45, 2.75) is 31.7 Å². The zero-order chi connectivity index (χ0) is 18.8. The predicted molar refractivity (Wildman–Crippen MR) is 109 cm³/mol. The molecule has 0 unspecified atom stereocenters. The summed E-state index contributed by atoms with van der Waals surface area (Å²) in [6.07, 6.45) is 5.78. The molecule has 5 nitrogen and oxygen atoms in total. The number of nitrogens with one attached hydrogen (secondary N) is 1. The Morgan fingerprint density at radius 1 is 1.04 bits per heavy atom. The van der Waals surface area contributed by atoms with E-state index in [2.05, 4.69) is 40.3 Å². The van der Waals surface area contributed by atoms with Gasteiger partial charge in [-0.05, 0) is 62.0 Å². The van der Waals surface area contributed by atoms with Crippen LogP contribution in [0.5, 0.6) is 17.2 Å². The number of ether oxygens (including phenoxy) is 3. The van der Waals surface area contributed by atoms with Crippen LogP contribution < -0.4 is 19.5 Å². The second kappa shape index (κ2) is 7.76. The van der Waals surface area contributed by atoms with E-state index < -0.39 is 0 Å². The Labute approximate surface area is 165 Å². The largest absolute Gasteiger partial charge is 0.493 e. The summed E-state index contributed by atoms with van der Waals surface area (Å²) in [5, 5.41) is 4.88. The van der Waals surface area contributed by atoms with E-state index in [1.54, 1.807) is 0 Å². The van der Waals surface area contributed by atoms with Crippen molar-refractivity contribution in [1.29, 1.82) is 0 Å². The van der Waals surface area contributed by atoms with Gasteiger partial charge in [-0.2, -0.15) is 0 Å². The summed E-state index contributed by atoms with van der Waals surface area (Å²) in [6, 6.07) is 14.5.